The summed E-state index contributed by atoms with van der Waals surface area (Å²) in [5, 5.41) is 4.82. The van der Waals surface area contributed by atoms with Gasteiger partial charge in [-0.25, -0.2) is 0 Å². The molecule has 0 spiro atoms. The summed E-state index contributed by atoms with van der Waals surface area (Å²) in [6, 6.07) is 41.1. The highest BCUT2D eigenvalue weighted by atomic mass is 127. The van der Waals surface area contributed by atoms with Crippen LogP contribution in [0.2, 0.25) is 0 Å². The first-order valence-corrected chi connectivity index (χ1v) is 16.6. The van der Waals surface area contributed by atoms with Gasteiger partial charge in [0, 0.05) is 43.5 Å². The van der Waals surface area contributed by atoms with Crippen molar-refractivity contribution < 1.29 is 8.83 Å². The van der Waals surface area contributed by atoms with Crippen LogP contribution in [0.15, 0.2) is 124 Å². The van der Waals surface area contributed by atoms with E-state index in [2.05, 4.69) is 153 Å². The largest absolute Gasteiger partial charge is 0.455 e. The average Bonchev–Trinajstić information content (AvgIpc) is 3.75. The molecular weight excluding hydrogens is 663 g/mol. The fourth-order valence-electron chi connectivity index (χ4n) is 7.98. The van der Waals surface area contributed by atoms with Crippen LogP contribution in [0.5, 0.6) is 0 Å². The van der Waals surface area contributed by atoms with Gasteiger partial charge in [0.2, 0.25) is 0 Å². The average molecular weight is 695 g/mol. The molecule has 2 heterocycles. The maximum absolute atomic E-state index is 6.37. The number of benzene rings is 6. The third-order valence-electron chi connectivity index (χ3n) is 10.3. The molecule has 0 radical (unpaired) electrons. The van der Waals surface area contributed by atoms with Gasteiger partial charge < -0.3 is 8.83 Å². The topological polar surface area (TPSA) is 26.3 Å². The lowest BCUT2D eigenvalue weighted by atomic mass is 9.82. The first-order valence-electron chi connectivity index (χ1n) is 15.6. The third kappa shape index (κ3) is 3.62. The van der Waals surface area contributed by atoms with Crippen molar-refractivity contribution in [3.8, 4) is 22.3 Å². The van der Waals surface area contributed by atoms with Gasteiger partial charge in [-0.2, -0.15) is 0 Å². The number of para-hydroxylation sites is 2. The minimum atomic E-state index is 0.0201. The Morgan fingerprint density at radius 2 is 0.911 bits per heavy atom. The van der Waals surface area contributed by atoms with Crippen molar-refractivity contribution >= 4 is 66.5 Å². The van der Waals surface area contributed by atoms with E-state index in [-0.39, 0.29) is 10.8 Å². The molecule has 0 N–H and O–H groups in total. The monoisotopic (exact) mass is 694 g/mol. The van der Waals surface area contributed by atoms with Crippen LogP contribution in [0.4, 0.5) is 0 Å². The quantitative estimate of drug-likeness (QED) is 0.148. The molecule has 0 amide bonds. The van der Waals surface area contributed by atoms with Crippen molar-refractivity contribution in [2.75, 3.05) is 0 Å². The third-order valence-corrected chi connectivity index (χ3v) is 11.1. The number of hydrogen-bond acceptors (Lipinski definition) is 2. The lowest BCUT2D eigenvalue weighted by molar-refractivity contribution is 0.652. The Morgan fingerprint density at radius 1 is 0.422 bits per heavy atom. The zero-order valence-electron chi connectivity index (χ0n) is 25.7. The molecule has 218 valence electrons. The van der Waals surface area contributed by atoms with Gasteiger partial charge in [0.25, 0.3) is 0 Å². The van der Waals surface area contributed by atoms with Gasteiger partial charge in [0.05, 0.1) is 3.57 Å². The summed E-state index contributed by atoms with van der Waals surface area (Å²) in [7, 11) is 0. The van der Waals surface area contributed by atoms with E-state index in [0.29, 0.717) is 0 Å². The summed E-state index contributed by atoms with van der Waals surface area (Å²) in [6.07, 6.45) is 0. The van der Waals surface area contributed by atoms with Crippen LogP contribution in [0.25, 0.3) is 66.1 Å². The summed E-state index contributed by atoms with van der Waals surface area (Å²) >= 11 is 2.35. The van der Waals surface area contributed by atoms with Gasteiger partial charge in [-0.05, 0) is 68.1 Å². The summed E-state index contributed by atoms with van der Waals surface area (Å²) in [5.41, 5.74) is 14.7. The van der Waals surface area contributed by atoms with Crippen LogP contribution < -0.4 is 0 Å². The molecule has 10 rings (SSSR count). The lowest BCUT2D eigenvalue weighted by Crippen LogP contribution is -2.14. The molecule has 2 aliphatic carbocycles. The SMILES string of the molecule is CC1(C)c2ccccc2-c2c1ccc1c2oc2c(I)cccc21.CC1(C)c2ccccc2-c2c1ccc1c2oc2ccccc21. The van der Waals surface area contributed by atoms with E-state index in [1.54, 1.807) is 0 Å². The van der Waals surface area contributed by atoms with Crippen LogP contribution in [-0.2, 0) is 10.8 Å². The van der Waals surface area contributed by atoms with E-state index >= 15 is 0 Å². The first kappa shape index (κ1) is 27.0. The highest BCUT2D eigenvalue weighted by molar-refractivity contribution is 14.1. The minimum Gasteiger partial charge on any atom is -0.455 e. The molecule has 2 nitrogen and oxygen atoms in total. The van der Waals surface area contributed by atoms with Gasteiger partial charge in [-0.15, -0.1) is 0 Å². The van der Waals surface area contributed by atoms with Crippen LogP contribution in [0, 0.1) is 3.57 Å². The number of furan rings is 2. The lowest BCUT2D eigenvalue weighted by Gasteiger charge is -2.21. The Balaban J connectivity index is 0.000000125. The Morgan fingerprint density at radius 3 is 1.56 bits per heavy atom. The second kappa shape index (κ2) is 9.34. The van der Waals surface area contributed by atoms with Gasteiger partial charge in [-0.1, -0.05) is 131 Å². The van der Waals surface area contributed by atoms with Crippen molar-refractivity contribution in [2.24, 2.45) is 0 Å². The Hall–Kier alpha value is -4.35. The van der Waals surface area contributed by atoms with E-state index < -0.39 is 0 Å². The standard InChI is InChI=1S/C21H15IO.C21H16O/c1-21(2)15-8-4-3-6-14(15)18-16(21)11-10-13-12-7-5-9-17(22)19(12)23-20(13)18;1-21(2)16-9-5-3-8-15(16)19-17(21)12-11-14-13-7-4-6-10-18(13)22-20(14)19/h3-11H,1-2H3;3-12H,1-2H3. The molecule has 6 aromatic carbocycles. The molecule has 0 aliphatic heterocycles. The molecule has 0 bridgehead atoms. The van der Waals surface area contributed by atoms with Crippen molar-refractivity contribution in [3.05, 3.63) is 141 Å². The van der Waals surface area contributed by atoms with Gasteiger partial charge in [0.1, 0.15) is 22.3 Å². The van der Waals surface area contributed by atoms with E-state index in [0.717, 1.165) is 25.9 Å². The predicted octanol–water partition coefficient (Wildman–Crippen LogP) is 12.4. The van der Waals surface area contributed by atoms with Gasteiger partial charge in [0.15, 0.2) is 0 Å². The molecule has 8 aromatic rings. The molecule has 0 saturated carbocycles. The number of rotatable bonds is 0. The fraction of sp³-hybridized carbons (Fsp3) is 0.143. The summed E-state index contributed by atoms with van der Waals surface area (Å²) in [6.45, 7) is 9.20. The summed E-state index contributed by atoms with van der Waals surface area (Å²) in [4.78, 5) is 0. The zero-order valence-corrected chi connectivity index (χ0v) is 27.8. The molecule has 0 fully saturated rings. The Bertz CT molecular complexity index is 2510. The molecular formula is C42H31IO2. The molecule has 0 unspecified atom stereocenters. The van der Waals surface area contributed by atoms with Crippen LogP contribution in [0.3, 0.4) is 0 Å². The van der Waals surface area contributed by atoms with Crippen LogP contribution in [-0.4, -0.2) is 0 Å². The second-order valence-electron chi connectivity index (χ2n) is 13.4. The summed E-state index contributed by atoms with van der Waals surface area (Å²) in [5.74, 6) is 0. The molecule has 0 saturated heterocycles. The van der Waals surface area contributed by atoms with E-state index in [4.69, 9.17) is 8.83 Å². The fourth-order valence-corrected chi connectivity index (χ4v) is 8.58. The number of fused-ring (bicyclic) bond motifs is 14. The maximum Gasteiger partial charge on any atom is 0.148 e. The Labute approximate surface area is 275 Å². The Kier molecular flexibility index (Phi) is 5.60. The van der Waals surface area contributed by atoms with Crippen molar-refractivity contribution in [1.29, 1.82) is 0 Å². The molecule has 2 aliphatic rings. The number of halogens is 1. The molecule has 45 heavy (non-hydrogen) atoms. The second-order valence-corrected chi connectivity index (χ2v) is 14.5. The predicted molar refractivity (Wildman–Crippen MR) is 195 cm³/mol. The van der Waals surface area contributed by atoms with Crippen LogP contribution >= 0.6 is 22.6 Å². The highest BCUT2D eigenvalue weighted by Gasteiger charge is 2.38. The smallest absolute Gasteiger partial charge is 0.148 e. The maximum atomic E-state index is 6.37. The van der Waals surface area contributed by atoms with E-state index in [9.17, 15) is 0 Å². The van der Waals surface area contributed by atoms with E-state index in [1.807, 2.05) is 12.1 Å². The van der Waals surface area contributed by atoms with Crippen LogP contribution in [0.1, 0.15) is 49.9 Å². The molecule has 2 aromatic heterocycles. The van der Waals surface area contributed by atoms with Gasteiger partial charge in [-0.3, -0.25) is 0 Å². The molecule has 3 heteroatoms. The van der Waals surface area contributed by atoms with E-state index in [1.165, 1.54) is 66.1 Å². The van der Waals surface area contributed by atoms with Crippen molar-refractivity contribution in [3.63, 3.8) is 0 Å². The highest BCUT2D eigenvalue weighted by Crippen LogP contribution is 2.53. The number of hydrogen-bond donors (Lipinski definition) is 0. The van der Waals surface area contributed by atoms with Crippen molar-refractivity contribution in [1.82, 2.24) is 0 Å². The first-order chi connectivity index (χ1) is 21.8. The normalized spacial score (nSPS) is 15.1. The van der Waals surface area contributed by atoms with Crippen molar-refractivity contribution in [2.45, 2.75) is 38.5 Å². The van der Waals surface area contributed by atoms with Gasteiger partial charge >= 0.3 is 0 Å². The molecule has 0 atom stereocenters. The zero-order chi connectivity index (χ0) is 30.7. The summed E-state index contributed by atoms with van der Waals surface area (Å²) < 4.78 is 13.8. The minimum absolute atomic E-state index is 0.0201.